The Labute approximate surface area is 84.3 Å². The van der Waals surface area contributed by atoms with Crippen molar-refractivity contribution in [2.75, 3.05) is 11.0 Å². The average molecular weight is 277 g/mol. The summed E-state index contributed by atoms with van der Waals surface area (Å²) in [5.41, 5.74) is 0.551. The second-order valence-electron chi connectivity index (χ2n) is 2.06. The zero-order chi connectivity index (χ0) is 8.81. The molecule has 0 saturated carbocycles. The van der Waals surface area contributed by atoms with Crippen molar-refractivity contribution >= 4 is 28.6 Å². The summed E-state index contributed by atoms with van der Waals surface area (Å²) in [5, 5.41) is 0. The number of alkyl halides is 1. The highest BCUT2D eigenvalue weighted by atomic mass is 127. The molecule has 3 nitrogen and oxygen atoms in total. The molecule has 4 heteroatoms. The van der Waals surface area contributed by atoms with Crippen molar-refractivity contribution in [3.63, 3.8) is 0 Å². The largest absolute Gasteiger partial charge is 0.461 e. The van der Waals surface area contributed by atoms with Crippen LogP contribution < -0.4 is 0 Å². The van der Waals surface area contributed by atoms with E-state index in [0.717, 1.165) is 4.43 Å². The monoisotopic (exact) mass is 277 g/mol. The third kappa shape index (κ3) is 2.77. The molecule has 0 aliphatic heterocycles. The molecule has 0 aliphatic rings. The van der Waals surface area contributed by atoms with E-state index in [1.807, 2.05) is 0 Å². The minimum absolute atomic E-state index is 0.283. The van der Waals surface area contributed by atoms with E-state index < -0.39 is 0 Å². The van der Waals surface area contributed by atoms with Gasteiger partial charge in [0.15, 0.2) is 0 Å². The third-order valence-electron chi connectivity index (χ3n) is 1.23. The molecule has 64 valence electrons. The van der Waals surface area contributed by atoms with Gasteiger partial charge in [-0.2, -0.15) is 0 Å². The van der Waals surface area contributed by atoms with Crippen LogP contribution in [-0.4, -0.2) is 22.0 Å². The van der Waals surface area contributed by atoms with Gasteiger partial charge in [-0.3, -0.25) is 4.98 Å². The summed E-state index contributed by atoms with van der Waals surface area (Å²) >= 11 is 2.15. The van der Waals surface area contributed by atoms with Crippen LogP contribution in [0, 0.1) is 0 Å². The fourth-order valence-electron chi connectivity index (χ4n) is 0.703. The van der Waals surface area contributed by atoms with Crippen molar-refractivity contribution in [1.29, 1.82) is 0 Å². The predicted octanol–water partition coefficient (Wildman–Crippen LogP) is 1.67. The van der Waals surface area contributed by atoms with Crippen LogP contribution in [0.1, 0.15) is 10.4 Å². The topological polar surface area (TPSA) is 39.2 Å². The number of aromatic nitrogens is 1. The Morgan fingerprint density at radius 3 is 2.75 bits per heavy atom. The van der Waals surface area contributed by atoms with Gasteiger partial charge in [-0.15, -0.1) is 0 Å². The smallest absolute Gasteiger partial charge is 0.338 e. The fraction of sp³-hybridized carbons (Fsp3) is 0.250. The Bertz CT molecular complexity index is 250. The first-order chi connectivity index (χ1) is 5.84. The molecule has 1 aromatic rings. The molecule has 0 bridgehead atoms. The van der Waals surface area contributed by atoms with Gasteiger partial charge in [0.05, 0.1) is 5.56 Å². The molecule has 1 heterocycles. The van der Waals surface area contributed by atoms with Crippen molar-refractivity contribution in [1.82, 2.24) is 4.98 Å². The van der Waals surface area contributed by atoms with E-state index in [2.05, 4.69) is 27.6 Å². The first-order valence-corrected chi connectivity index (χ1v) is 5.00. The summed E-state index contributed by atoms with van der Waals surface area (Å²) in [5.74, 6) is -0.283. The number of carbonyl (C=O) groups excluding carboxylic acids is 1. The van der Waals surface area contributed by atoms with Gasteiger partial charge in [0.1, 0.15) is 6.61 Å². The molecule has 0 fully saturated rings. The Balaban J connectivity index is 2.54. The normalized spacial score (nSPS) is 9.42. The van der Waals surface area contributed by atoms with E-state index in [1.54, 1.807) is 24.5 Å². The minimum atomic E-state index is -0.283. The molecule has 12 heavy (non-hydrogen) atoms. The number of esters is 1. The van der Waals surface area contributed by atoms with Crippen LogP contribution in [-0.2, 0) is 4.74 Å². The molecule has 0 N–H and O–H groups in total. The van der Waals surface area contributed by atoms with E-state index in [0.29, 0.717) is 12.2 Å². The summed E-state index contributed by atoms with van der Waals surface area (Å²) in [7, 11) is 0. The number of halogens is 1. The number of rotatable bonds is 3. The maximum Gasteiger partial charge on any atom is 0.338 e. The molecule has 1 rings (SSSR count). The highest BCUT2D eigenvalue weighted by molar-refractivity contribution is 14.1. The third-order valence-corrected chi connectivity index (χ3v) is 1.67. The maximum atomic E-state index is 11.2. The Morgan fingerprint density at radius 2 is 2.17 bits per heavy atom. The van der Waals surface area contributed by atoms with Crippen LogP contribution in [0.25, 0.3) is 0 Å². The quantitative estimate of drug-likeness (QED) is 0.479. The lowest BCUT2D eigenvalue weighted by atomic mass is 10.3. The number of hydrogen-bond acceptors (Lipinski definition) is 3. The van der Waals surface area contributed by atoms with E-state index in [9.17, 15) is 4.79 Å². The van der Waals surface area contributed by atoms with Gasteiger partial charge >= 0.3 is 5.97 Å². The summed E-state index contributed by atoms with van der Waals surface area (Å²) in [6.45, 7) is 0.460. The molecule has 0 radical (unpaired) electrons. The molecule has 0 atom stereocenters. The van der Waals surface area contributed by atoms with E-state index in [1.165, 1.54) is 0 Å². The average Bonchev–Trinajstić information content (AvgIpc) is 2.15. The summed E-state index contributed by atoms with van der Waals surface area (Å²) in [4.78, 5) is 14.9. The lowest BCUT2D eigenvalue weighted by Crippen LogP contribution is -2.06. The van der Waals surface area contributed by atoms with Crippen molar-refractivity contribution in [2.24, 2.45) is 0 Å². The Morgan fingerprint density at radius 1 is 1.50 bits per heavy atom. The standard InChI is InChI=1S/C8H8INO2/c9-3-6-12-8(11)7-1-4-10-5-2-7/h1-2,4-5H,3,6H2. The fourth-order valence-corrected chi connectivity index (χ4v) is 0.923. The van der Waals surface area contributed by atoms with Crippen molar-refractivity contribution < 1.29 is 9.53 Å². The SMILES string of the molecule is O=C(OCCI)c1ccncc1. The molecule has 0 amide bonds. The number of ether oxygens (including phenoxy) is 1. The van der Waals surface area contributed by atoms with Crippen LogP contribution in [0.2, 0.25) is 0 Å². The van der Waals surface area contributed by atoms with Crippen molar-refractivity contribution in [3.05, 3.63) is 30.1 Å². The van der Waals surface area contributed by atoms with Crippen LogP contribution in [0.15, 0.2) is 24.5 Å². The predicted molar refractivity (Wildman–Crippen MR) is 53.4 cm³/mol. The zero-order valence-corrected chi connectivity index (χ0v) is 8.52. The molecule has 0 aromatic carbocycles. The Kier molecular flexibility index (Phi) is 3.99. The Hall–Kier alpha value is -0.650. The van der Waals surface area contributed by atoms with Gasteiger partial charge < -0.3 is 4.74 Å². The van der Waals surface area contributed by atoms with Gasteiger partial charge in [0.25, 0.3) is 0 Å². The molecule has 0 spiro atoms. The second kappa shape index (κ2) is 5.08. The lowest BCUT2D eigenvalue weighted by molar-refractivity contribution is 0.0532. The molecular formula is C8H8INO2. The van der Waals surface area contributed by atoms with E-state index in [-0.39, 0.29) is 5.97 Å². The molecular weight excluding hydrogens is 269 g/mol. The van der Waals surface area contributed by atoms with Gasteiger partial charge in [-0.05, 0) is 12.1 Å². The summed E-state index contributed by atoms with van der Waals surface area (Å²) < 4.78 is 5.72. The molecule has 0 unspecified atom stereocenters. The zero-order valence-electron chi connectivity index (χ0n) is 6.37. The second-order valence-corrected chi connectivity index (χ2v) is 3.14. The number of carbonyl (C=O) groups is 1. The minimum Gasteiger partial charge on any atom is -0.461 e. The molecule has 1 aromatic heterocycles. The molecule has 0 saturated heterocycles. The van der Waals surface area contributed by atoms with Crippen LogP contribution in [0.5, 0.6) is 0 Å². The number of pyridine rings is 1. The number of nitrogens with zero attached hydrogens (tertiary/aromatic N) is 1. The lowest BCUT2D eigenvalue weighted by Gasteiger charge is -2.00. The van der Waals surface area contributed by atoms with Gasteiger partial charge in [0, 0.05) is 16.8 Å². The van der Waals surface area contributed by atoms with Crippen molar-refractivity contribution in [2.45, 2.75) is 0 Å². The first-order valence-electron chi connectivity index (χ1n) is 3.47. The van der Waals surface area contributed by atoms with E-state index in [4.69, 9.17) is 4.74 Å². The first kappa shape index (κ1) is 9.44. The van der Waals surface area contributed by atoms with E-state index >= 15 is 0 Å². The summed E-state index contributed by atoms with van der Waals surface area (Å²) in [6.07, 6.45) is 3.14. The van der Waals surface area contributed by atoms with Crippen LogP contribution in [0.3, 0.4) is 0 Å². The van der Waals surface area contributed by atoms with Gasteiger partial charge in [-0.25, -0.2) is 4.79 Å². The summed E-state index contributed by atoms with van der Waals surface area (Å²) in [6, 6.07) is 3.27. The van der Waals surface area contributed by atoms with Gasteiger partial charge in [0.2, 0.25) is 0 Å². The van der Waals surface area contributed by atoms with Crippen LogP contribution >= 0.6 is 22.6 Å². The molecule has 0 aliphatic carbocycles. The number of hydrogen-bond donors (Lipinski definition) is 0. The van der Waals surface area contributed by atoms with Crippen molar-refractivity contribution in [3.8, 4) is 0 Å². The highest BCUT2D eigenvalue weighted by Crippen LogP contribution is 1.99. The highest BCUT2D eigenvalue weighted by Gasteiger charge is 2.04. The maximum absolute atomic E-state index is 11.2. The van der Waals surface area contributed by atoms with Gasteiger partial charge in [-0.1, -0.05) is 22.6 Å². The van der Waals surface area contributed by atoms with Crippen LogP contribution in [0.4, 0.5) is 0 Å².